The number of carbonyl (C=O) groups excluding carboxylic acids is 1. The maximum absolute atomic E-state index is 12.1. The van der Waals surface area contributed by atoms with Crippen LogP contribution in [-0.2, 0) is 17.6 Å². The monoisotopic (exact) mass is 380 g/mol. The van der Waals surface area contributed by atoms with Crippen molar-refractivity contribution in [3.05, 3.63) is 33.8 Å². The average Bonchev–Trinajstić information content (AvgIpc) is 3.10. The van der Waals surface area contributed by atoms with E-state index in [-0.39, 0.29) is 18.0 Å². The van der Waals surface area contributed by atoms with Crippen LogP contribution in [0.3, 0.4) is 0 Å². The van der Waals surface area contributed by atoms with Crippen LogP contribution in [0, 0.1) is 0 Å². The lowest BCUT2D eigenvalue weighted by Crippen LogP contribution is -2.27. The van der Waals surface area contributed by atoms with E-state index in [0.29, 0.717) is 35.2 Å². The van der Waals surface area contributed by atoms with Crippen molar-refractivity contribution < 1.29 is 28.9 Å². The van der Waals surface area contributed by atoms with Gasteiger partial charge in [0.05, 0.1) is 32.8 Å². The number of amides is 1. The van der Waals surface area contributed by atoms with Crippen LogP contribution in [0.1, 0.15) is 21.1 Å². The standard InChI is InChI=1S/C17H20N2O6S/c1-23-12-6-10(7-13(24-2)16(12)25-3)8-14(20)18-5-4-15-19-11(9-26-15)17(21)22/h6-7,9H,4-5,8H2,1-3H3,(H,18,20)(H,21,22). The van der Waals surface area contributed by atoms with Gasteiger partial charge >= 0.3 is 5.97 Å². The highest BCUT2D eigenvalue weighted by Gasteiger charge is 2.15. The molecule has 140 valence electrons. The fourth-order valence-corrected chi connectivity index (χ4v) is 3.09. The quantitative estimate of drug-likeness (QED) is 0.683. The Hall–Kier alpha value is -2.81. The molecule has 0 fully saturated rings. The molecule has 26 heavy (non-hydrogen) atoms. The van der Waals surface area contributed by atoms with E-state index in [2.05, 4.69) is 10.3 Å². The van der Waals surface area contributed by atoms with Crippen molar-refractivity contribution in [1.82, 2.24) is 10.3 Å². The SMILES string of the molecule is COc1cc(CC(=O)NCCc2nc(C(=O)O)cs2)cc(OC)c1OC. The van der Waals surface area contributed by atoms with E-state index >= 15 is 0 Å². The number of rotatable bonds is 9. The van der Waals surface area contributed by atoms with E-state index in [4.69, 9.17) is 19.3 Å². The number of aromatic nitrogens is 1. The molecule has 0 spiro atoms. The summed E-state index contributed by atoms with van der Waals surface area (Å²) in [6, 6.07) is 3.45. The van der Waals surface area contributed by atoms with Crippen LogP contribution < -0.4 is 19.5 Å². The van der Waals surface area contributed by atoms with Gasteiger partial charge in [-0.1, -0.05) is 0 Å². The van der Waals surface area contributed by atoms with Crippen molar-refractivity contribution in [3.63, 3.8) is 0 Å². The number of carboxylic acids is 1. The second kappa shape index (κ2) is 9.04. The Morgan fingerprint density at radius 3 is 2.31 bits per heavy atom. The summed E-state index contributed by atoms with van der Waals surface area (Å²) >= 11 is 1.26. The molecular weight excluding hydrogens is 360 g/mol. The first-order valence-corrected chi connectivity index (χ1v) is 8.59. The predicted octanol–water partition coefficient (Wildman–Crippen LogP) is 1.77. The number of aromatic carboxylic acids is 1. The number of hydrogen-bond acceptors (Lipinski definition) is 7. The van der Waals surface area contributed by atoms with E-state index in [1.54, 1.807) is 12.1 Å². The van der Waals surface area contributed by atoms with Crippen molar-refractivity contribution >= 4 is 23.2 Å². The highest BCUT2D eigenvalue weighted by molar-refractivity contribution is 7.09. The molecule has 0 aliphatic rings. The Morgan fingerprint density at radius 2 is 1.81 bits per heavy atom. The molecule has 0 saturated carbocycles. The van der Waals surface area contributed by atoms with Crippen LogP contribution in [0.4, 0.5) is 0 Å². The fraction of sp³-hybridized carbons (Fsp3) is 0.353. The molecule has 1 amide bonds. The number of thiazole rings is 1. The molecule has 0 unspecified atom stereocenters. The minimum absolute atomic E-state index is 0.0220. The van der Waals surface area contributed by atoms with Gasteiger partial charge in [0.2, 0.25) is 11.7 Å². The number of hydrogen-bond donors (Lipinski definition) is 2. The lowest BCUT2D eigenvalue weighted by Gasteiger charge is -2.14. The molecule has 0 radical (unpaired) electrons. The topological polar surface area (TPSA) is 107 Å². The Kier molecular flexibility index (Phi) is 6.79. The second-order valence-corrected chi connectivity index (χ2v) is 6.18. The van der Waals surface area contributed by atoms with Crippen molar-refractivity contribution in [2.75, 3.05) is 27.9 Å². The Morgan fingerprint density at radius 1 is 1.15 bits per heavy atom. The molecule has 0 saturated heterocycles. The van der Waals surface area contributed by atoms with E-state index in [0.717, 1.165) is 5.56 Å². The Labute approximate surface area is 154 Å². The third kappa shape index (κ3) is 4.85. The van der Waals surface area contributed by atoms with Gasteiger partial charge in [0, 0.05) is 18.3 Å². The molecule has 1 heterocycles. The summed E-state index contributed by atoms with van der Waals surface area (Å²) in [6.45, 7) is 0.371. The van der Waals surface area contributed by atoms with Gasteiger partial charge in [-0.2, -0.15) is 0 Å². The third-order valence-corrected chi connectivity index (χ3v) is 4.43. The van der Waals surface area contributed by atoms with Gasteiger partial charge in [0.1, 0.15) is 0 Å². The van der Waals surface area contributed by atoms with Gasteiger partial charge in [0.15, 0.2) is 17.2 Å². The minimum atomic E-state index is -1.06. The highest BCUT2D eigenvalue weighted by Crippen LogP contribution is 2.38. The zero-order valence-corrected chi connectivity index (χ0v) is 15.5. The summed E-state index contributed by atoms with van der Waals surface area (Å²) in [6.07, 6.45) is 0.619. The van der Waals surface area contributed by atoms with Gasteiger partial charge in [-0.15, -0.1) is 11.3 Å². The summed E-state index contributed by atoms with van der Waals surface area (Å²) in [5, 5.41) is 13.8. The van der Waals surface area contributed by atoms with E-state index < -0.39 is 5.97 Å². The van der Waals surface area contributed by atoms with E-state index in [1.165, 1.54) is 38.0 Å². The Balaban J connectivity index is 1.93. The second-order valence-electron chi connectivity index (χ2n) is 5.24. The molecule has 0 aliphatic carbocycles. The first-order valence-electron chi connectivity index (χ1n) is 7.71. The van der Waals surface area contributed by atoms with Crippen LogP contribution in [0.5, 0.6) is 17.2 Å². The molecule has 8 nitrogen and oxygen atoms in total. The molecular formula is C17H20N2O6S. The molecule has 0 bridgehead atoms. The van der Waals surface area contributed by atoms with Crippen LogP contribution in [0.25, 0.3) is 0 Å². The zero-order valence-electron chi connectivity index (χ0n) is 14.7. The highest BCUT2D eigenvalue weighted by atomic mass is 32.1. The summed E-state index contributed by atoms with van der Waals surface area (Å²) in [5.41, 5.74) is 0.744. The third-order valence-electron chi connectivity index (χ3n) is 3.52. The summed E-state index contributed by atoms with van der Waals surface area (Å²) < 4.78 is 15.8. The number of nitrogens with one attached hydrogen (secondary N) is 1. The molecule has 0 aliphatic heterocycles. The molecule has 2 N–H and O–H groups in total. The molecule has 2 rings (SSSR count). The summed E-state index contributed by atoms with van der Waals surface area (Å²) in [4.78, 5) is 26.9. The van der Waals surface area contributed by atoms with Crippen molar-refractivity contribution in [3.8, 4) is 17.2 Å². The normalized spacial score (nSPS) is 10.3. The van der Waals surface area contributed by atoms with Gasteiger partial charge in [-0.05, 0) is 17.7 Å². The molecule has 0 atom stereocenters. The summed E-state index contributed by atoms with van der Waals surface area (Å²) in [5.74, 6) is 0.211. The summed E-state index contributed by atoms with van der Waals surface area (Å²) in [7, 11) is 4.54. The number of benzene rings is 1. The number of carbonyl (C=O) groups is 2. The number of carboxylic acid groups (broad SMARTS) is 1. The van der Waals surface area contributed by atoms with Crippen molar-refractivity contribution in [2.24, 2.45) is 0 Å². The molecule has 1 aromatic carbocycles. The molecule has 1 aromatic heterocycles. The van der Waals surface area contributed by atoms with Crippen LogP contribution in [0.15, 0.2) is 17.5 Å². The van der Waals surface area contributed by atoms with Gasteiger partial charge in [-0.3, -0.25) is 4.79 Å². The molecule has 2 aromatic rings. The van der Waals surface area contributed by atoms with E-state index in [1.807, 2.05) is 0 Å². The maximum Gasteiger partial charge on any atom is 0.355 e. The zero-order chi connectivity index (χ0) is 19.1. The smallest absolute Gasteiger partial charge is 0.355 e. The average molecular weight is 380 g/mol. The number of ether oxygens (including phenoxy) is 3. The largest absolute Gasteiger partial charge is 0.493 e. The molecule has 9 heteroatoms. The first-order chi connectivity index (χ1) is 12.5. The first kappa shape index (κ1) is 19.5. The van der Waals surface area contributed by atoms with Gasteiger partial charge in [0.25, 0.3) is 0 Å². The minimum Gasteiger partial charge on any atom is -0.493 e. The van der Waals surface area contributed by atoms with Crippen LogP contribution >= 0.6 is 11.3 Å². The van der Waals surface area contributed by atoms with Crippen LogP contribution in [0.2, 0.25) is 0 Å². The van der Waals surface area contributed by atoms with Crippen molar-refractivity contribution in [2.45, 2.75) is 12.8 Å². The Bertz CT molecular complexity index is 764. The number of nitrogens with zero attached hydrogens (tertiary/aromatic N) is 1. The lowest BCUT2D eigenvalue weighted by atomic mass is 10.1. The maximum atomic E-state index is 12.1. The number of methoxy groups -OCH3 is 3. The van der Waals surface area contributed by atoms with Crippen molar-refractivity contribution in [1.29, 1.82) is 0 Å². The van der Waals surface area contributed by atoms with E-state index in [9.17, 15) is 9.59 Å². The van der Waals surface area contributed by atoms with Gasteiger partial charge < -0.3 is 24.6 Å². The predicted molar refractivity (Wildman–Crippen MR) is 95.6 cm³/mol. The van der Waals surface area contributed by atoms with Gasteiger partial charge in [-0.25, -0.2) is 9.78 Å². The fourth-order valence-electron chi connectivity index (χ4n) is 2.32. The van der Waals surface area contributed by atoms with Crippen LogP contribution in [-0.4, -0.2) is 49.8 Å². The lowest BCUT2D eigenvalue weighted by molar-refractivity contribution is -0.120.